The van der Waals surface area contributed by atoms with Gasteiger partial charge in [-0.3, -0.25) is 0 Å². The van der Waals surface area contributed by atoms with Crippen LogP contribution in [0.2, 0.25) is 0 Å². The number of aromatic nitrogens is 3. The number of likely N-dealkylation sites (N-methyl/N-ethyl adjacent to an activating group) is 1. The van der Waals surface area contributed by atoms with Crippen molar-refractivity contribution in [2.75, 3.05) is 43.9 Å². The second-order valence-electron chi connectivity index (χ2n) is 5.08. The smallest absolute Gasteiger partial charge is 0.323 e. The summed E-state index contributed by atoms with van der Waals surface area (Å²) in [6.07, 6.45) is 2.13. The van der Waals surface area contributed by atoms with Gasteiger partial charge in [-0.1, -0.05) is 6.92 Å². The molecule has 2 heterocycles. The Balaban J connectivity index is 2.27. The first-order valence-electron chi connectivity index (χ1n) is 7.23. The number of hydrogen-bond acceptors (Lipinski definition) is 7. The molecule has 2 rings (SSSR count). The highest BCUT2D eigenvalue weighted by Crippen LogP contribution is 2.20. The Morgan fingerprint density at radius 1 is 1.25 bits per heavy atom. The monoisotopic (exact) mass is 280 g/mol. The summed E-state index contributed by atoms with van der Waals surface area (Å²) in [6, 6.07) is 0.696. The standard InChI is InChI=1S/C13H24N6O/c1-4-10-9-18(3)7-6-8-19(10)12-15-11(14)16-13(17-12)20-5-2/h10H,4-9H2,1-3H3,(H2,14,15,16,17). The van der Waals surface area contributed by atoms with Crippen LogP contribution in [0.5, 0.6) is 6.01 Å². The van der Waals surface area contributed by atoms with Gasteiger partial charge >= 0.3 is 6.01 Å². The van der Waals surface area contributed by atoms with Crippen molar-refractivity contribution in [3.8, 4) is 6.01 Å². The third-order valence-electron chi connectivity index (χ3n) is 3.52. The van der Waals surface area contributed by atoms with E-state index in [0.29, 0.717) is 24.6 Å². The molecule has 1 fully saturated rings. The molecule has 1 unspecified atom stereocenters. The van der Waals surface area contributed by atoms with Crippen LogP contribution in [0.1, 0.15) is 26.7 Å². The third-order valence-corrected chi connectivity index (χ3v) is 3.52. The van der Waals surface area contributed by atoms with Crippen molar-refractivity contribution in [3.05, 3.63) is 0 Å². The minimum Gasteiger partial charge on any atom is -0.464 e. The maximum Gasteiger partial charge on any atom is 0.323 e. The summed E-state index contributed by atoms with van der Waals surface area (Å²) in [6.45, 7) is 7.62. The van der Waals surface area contributed by atoms with Gasteiger partial charge in [0, 0.05) is 19.1 Å². The summed E-state index contributed by atoms with van der Waals surface area (Å²) < 4.78 is 5.36. The second-order valence-corrected chi connectivity index (χ2v) is 5.08. The molecule has 0 aromatic carbocycles. The van der Waals surface area contributed by atoms with E-state index in [1.165, 1.54) is 0 Å². The summed E-state index contributed by atoms with van der Waals surface area (Å²) in [5, 5.41) is 0. The van der Waals surface area contributed by atoms with E-state index in [4.69, 9.17) is 10.5 Å². The van der Waals surface area contributed by atoms with Gasteiger partial charge in [0.15, 0.2) is 0 Å². The van der Waals surface area contributed by atoms with Crippen molar-refractivity contribution in [3.63, 3.8) is 0 Å². The predicted octanol–water partition coefficient (Wildman–Crippen LogP) is 0.773. The van der Waals surface area contributed by atoms with E-state index in [9.17, 15) is 0 Å². The van der Waals surface area contributed by atoms with Gasteiger partial charge in [0.25, 0.3) is 0 Å². The number of ether oxygens (including phenoxy) is 1. The van der Waals surface area contributed by atoms with Crippen molar-refractivity contribution in [2.24, 2.45) is 0 Å². The van der Waals surface area contributed by atoms with Crippen molar-refractivity contribution < 1.29 is 4.74 Å². The molecule has 2 N–H and O–H groups in total. The number of anilines is 2. The van der Waals surface area contributed by atoms with Crippen molar-refractivity contribution in [1.82, 2.24) is 19.9 Å². The van der Waals surface area contributed by atoms with Crippen LogP contribution >= 0.6 is 0 Å². The average Bonchev–Trinajstić information content (AvgIpc) is 2.59. The Labute approximate surface area is 120 Å². The maximum atomic E-state index is 5.77. The van der Waals surface area contributed by atoms with Gasteiger partial charge in [0.2, 0.25) is 11.9 Å². The Morgan fingerprint density at radius 3 is 2.75 bits per heavy atom. The fourth-order valence-corrected chi connectivity index (χ4v) is 2.54. The first kappa shape index (κ1) is 14.8. The SMILES string of the molecule is CCOc1nc(N)nc(N2CCCN(C)CC2CC)n1. The van der Waals surface area contributed by atoms with Crippen LogP contribution in [-0.2, 0) is 0 Å². The van der Waals surface area contributed by atoms with E-state index in [-0.39, 0.29) is 5.95 Å². The highest BCUT2D eigenvalue weighted by molar-refractivity contribution is 5.37. The molecule has 1 aromatic rings. The van der Waals surface area contributed by atoms with Gasteiger partial charge in [-0.15, -0.1) is 0 Å². The summed E-state index contributed by atoms with van der Waals surface area (Å²) in [5.41, 5.74) is 5.77. The molecule has 0 bridgehead atoms. The molecule has 112 valence electrons. The lowest BCUT2D eigenvalue weighted by Gasteiger charge is -2.30. The summed E-state index contributed by atoms with van der Waals surface area (Å²) >= 11 is 0. The Hall–Kier alpha value is -1.63. The first-order valence-corrected chi connectivity index (χ1v) is 7.23. The van der Waals surface area contributed by atoms with E-state index in [2.05, 4.69) is 38.7 Å². The fraction of sp³-hybridized carbons (Fsp3) is 0.769. The van der Waals surface area contributed by atoms with Crippen LogP contribution in [0, 0.1) is 0 Å². The van der Waals surface area contributed by atoms with Crippen molar-refractivity contribution in [1.29, 1.82) is 0 Å². The zero-order valence-corrected chi connectivity index (χ0v) is 12.5. The lowest BCUT2D eigenvalue weighted by molar-refractivity contribution is 0.310. The molecule has 7 heteroatoms. The van der Waals surface area contributed by atoms with Gasteiger partial charge in [-0.25, -0.2) is 0 Å². The molecular formula is C13H24N6O. The van der Waals surface area contributed by atoms with Crippen LogP contribution in [0.15, 0.2) is 0 Å². The molecule has 0 aliphatic carbocycles. The minimum absolute atomic E-state index is 0.214. The first-order chi connectivity index (χ1) is 9.63. The van der Waals surface area contributed by atoms with Crippen LogP contribution in [0.25, 0.3) is 0 Å². The van der Waals surface area contributed by atoms with Gasteiger partial charge < -0.3 is 20.3 Å². The number of nitrogens with two attached hydrogens (primary N) is 1. The van der Waals surface area contributed by atoms with E-state index in [0.717, 1.165) is 32.5 Å². The van der Waals surface area contributed by atoms with Gasteiger partial charge in [0.05, 0.1) is 6.61 Å². The van der Waals surface area contributed by atoms with Crippen LogP contribution < -0.4 is 15.4 Å². The van der Waals surface area contributed by atoms with Crippen molar-refractivity contribution >= 4 is 11.9 Å². The lowest BCUT2D eigenvalue weighted by atomic mass is 10.2. The molecule has 1 aliphatic heterocycles. The Bertz CT molecular complexity index is 441. The molecule has 7 nitrogen and oxygen atoms in total. The van der Waals surface area contributed by atoms with Crippen LogP contribution in [0.3, 0.4) is 0 Å². The zero-order valence-electron chi connectivity index (χ0n) is 12.5. The quantitative estimate of drug-likeness (QED) is 0.872. The summed E-state index contributed by atoms with van der Waals surface area (Å²) in [5.74, 6) is 0.842. The van der Waals surface area contributed by atoms with E-state index >= 15 is 0 Å². The van der Waals surface area contributed by atoms with Crippen molar-refractivity contribution in [2.45, 2.75) is 32.7 Å². The topological polar surface area (TPSA) is 80.4 Å². The second kappa shape index (κ2) is 6.69. The summed E-state index contributed by atoms with van der Waals surface area (Å²) in [4.78, 5) is 17.3. The lowest BCUT2D eigenvalue weighted by Crippen LogP contribution is -2.41. The van der Waals surface area contributed by atoms with E-state index < -0.39 is 0 Å². The molecule has 0 amide bonds. The van der Waals surface area contributed by atoms with E-state index in [1.807, 2.05) is 6.92 Å². The summed E-state index contributed by atoms with van der Waals surface area (Å²) in [7, 11) is 2.15. The Morgan fingerprint density at radius 2 is 2.05 bits per heavy atom. The molecule has 1 aliphatic rings. The molecule has 0 saturated carbocycles. The van der Waals surface area contributed by atoms with Gasteiger partial charge in [-0.05, 0) is 33.4 Å². The molecule has 0 spiro atoms. The minimum atomic E-state index is 0.214. The van der Waals surface area contributed by atoms with Gasteiger partial charge in [0.1, 0.15) is 0 Å². The normalized spacial score (nSPS) is 20.8. The molecule has 1 aromatic heterocycles. The maximum absolute atomic E-state index is 5.77. The molecule has 1 saturated heterocycles. The largest absolute Gasteiger partial charge is 0.464 e. The third kappa shape index (κ3) is 3.47. The highest BCUT2D eigenvalue weighted by atomic mass is 16.5. The van der Waals surface area contributed by atoms with Gasteiger partial charge in [-0.2, -0.15) is 15.0 Å². The predicted molar refractivity (Wildman–Crippen MR) is 78.9 cm³/mol. The number of rotatable bonds is 4. The molecular weight excluding hydrogens is 256 g/mol. The van der Waals surface area contributed by atoms with Crippen LogP contribution in [-0.4, -0.2) is 59.2 Å². The highest BCUT2D eigenvalue weighted by Gasteiger charge is 2.25. The van der Waals surface area contributed by atoms with E-state index in [1.54, 1.807) is 0 Å². The van der Waals surface area contributed by atoms with Crippen LogP contribution in [0.4, 0.5) is 11.9 Å². The number of hydrogen-bond donors (Lipinski definition) is 1. The Kier molecular flexibility index (Phi) is 4.94. The average molecular weight is 280 g/mol. The number of nitrogens with zero attached hydrogens (tertiary/aromatic N) is 5. The zero-order chi connectivity index (χ0) is 14.5. The number of nitrogen functional groups attached to an aromatic ring is 1. The molecule has 1 atom stereocenters. The fourth-order valence-electron chi connectivity index (χ4n) is 2.54. The molecule has 20 heavy (non-hydrogen) atoms. The molecule has 0 radical (unpaired) electrons.